The van der Waals surface area contributed by atoms with Gasteiger partial charge in [0.15, 0.2) is 0 Å². The zero-order valence-electron chi connectivity index (χ0n) is 13.1. The van der Waals surface area contributed by atoms with Crippen molar-refractivity contribution in [3.8, 4) is 0 Å². The van der Waals surface area contributed by atoms with E-state index in [2.05, 4.69) is 67.3 Å². The van der Waals surface area contributed by atoms with Crippen LogP contribution in [0.15, 0.2) is 42.5 Å². The number of para-hydroxylation sites is 1. The molecule has 2 aromatic carbocycles. The zero-order valence-corrected chi connectivity index (χ0v) is 13.1. The second kappa shape index (κ2) is 4.82. The lowest BCUT2D eigenvalue weighted by Gasteiger charge is -2.14. The molecule has 0 aliphatic rings. The summed E-state index contributed by atoms with van der Waals surface area (Å²) in [5.41, 5.74) is 5.81. The number of H-pyrrole nitrogens is 1. The first-order valence-electron chi connectivity index (χ1n) is 7.58. The normalized spacial score (nSPS) is 12.0. The highest BCUT2D eigenvalue weighted by Gasteiger charge is 2.14. The van der Waals surface area contributed by atoms with Gasteiger partial charge >= 0.3 is 0 Å². The smallest absolute Gasteiger partial charge is 0.139 e. The molecule has 0 spiro atoms. The van der Waals surface area contributed by atoms with Crippen molar-refractivity contribution in [3.05, 3.63) is 53.6 Å². The van der Waals surface area contributed by atoms with E-state index in [0.717, 1.165) is 23.2 Å². The van der Waals surface area contributed by atoms with Crippen LogP contribution < -0.4 is 0 Å². The van der Waals surface area contributed by atoms with Crippen LogP contribution in [0.3, 0.4) is 0 Å². The number of aromatic amines is 1. The molecule has 4 aromatic rings. The van der Waals surface area contributed by atoms with Crippen LogP contribution in [0.5, 0.6) is 0 Å². The average molecular weight is 289 g/mol. The molecule has 22 heavy (non-hydrogen) atoms. The predicted octanol–water partition coefficient (Wildman–Crippen LogP) is 4.24. The van der Waals surface area contributed by atoms with Gasteiger partial charge in [0, 0.05) is 28.2 Å². The number of aryl methyl sites for hydroxylation is 1. The molecule has 0 fully saturated rings. The Morgan fingerprint density at radius 1 is 1.05 bits per heavy atom. The number of nitrogens with one attached hydrogen (secondary N) is 1. The van der Waals surface area contributed by atoms with Gasteiger partial charge in [0.2, 0.25) is 0 Å². The van der Waals surface area contributed by atoms with E-state index in [9.17, 15) is 0 Å². The van der Waals surface area contributed by atoms with E-state index >= 15 is 0 Å². The molecule has 0 saturated heterocycles. The molecule has 1 N–H and O–H groups in total. The van der Waals surface area contributed by atoms with Gasteiger partial charge in [0.05, 0.1) is 5.52 Å². The van der Waals surface area contributed by atoms with E-state index in [1.807, 2.05) is 6.07 Å². The standard InChI is InChI=1S/C19H19N3/c1-12-8-9-17-14(10-12)18-15(11-22(2)3)13-6-4-5-7-16(13)20-19(18)21-17/h4-10H,11H2,1-3H3,(H,20,21). The van der Waals surface area contributed by atoms with Gasteiger partial charge in [-0.25, -0.2) is 4.98 Å². The third-order valence-corrected chi connectivity index (χ3v) is 4.17. The zero-order chi connectivity index (χ0) is 15.3. The Kier molecular flexibility index (Phi) is 2.91. The Balaban J connectivity index is 2.22. The monoisotopic (exact) mass is 289 g/mol. The molecular formula is C19H19N3. The van der Waals surface area contributed by atoms with E-state index < -0.39 is 0 Å². The van der Waals surface area contributed by atoms with Gasteiger partial charge in [0.1, 0.15) is 5.65 Å². The molecule has 0 aliphatic carbocycles. The molecular weight excluding hydrogens is 270 g/mol. The van der Waals surface area contributed by atoms with Crippen LogP contribution in [0.25, 0.3) is 32.8 Å². The van der Waals surface area contributed by atoms with Crippen LogP contribution in [0.1, 0.15) is 11.1 Å². The lowest BCUT2D eigenvalue weighted by molar-refractivity contribution is 0.405. The summed E-state index contributed by atoms with van der Waals surface area (Å²) in [5.74, 6) is 0. The highest BCUT2D eigenvalue weighted by molar-refractivity contribution is 6.12. The molecule has 4 rings (SSSR count). The second-order valence-electron chi connectivity index (χ2n) is 6.24. The van der Waals surface area contributed by atoms with Gasteiger partial charge in [-0.05, 0) is 44.8 Å². The fourth-order valence-corrected chi connectivity index (χ4v) is 3.24. The molecule has 0 aliphatic heterocycles. The molecule has 0 atom stereocenters. The summed E-state index contributed by atoms with van der Waals surface area (Å²) in [4.78, 5) is 10.5. The van der Waals surface area contributed by atoms with Crippen molar-refractivity contribution in [2.45, 2.75) is 13.5 Å². The maximum atomic E-state index is 4.84. The summed E-state index contributed by atoms with van der Waals surface area (Å²) in [6.45, 7) is 3.04. The largest absolute Gasteiger partial charge is 0.339 e. The molecule has 0 bridgehead atoms. The minimum absolute atomic E-state index is 0.903. The van der Waals surface area contributed by atoms with Gasteiger partial charge in [-0.2, -0.15) is 0 Å². The van der Waals surface area contributed by atoms with Crippen molar-refractivity contribution in [3.63, 3.8) is 0 Å². The molecule has 2 aromatic heterocycles. The molecule has 110 valence electrons. The number of hydrogen-bond donors (Lipinski definition) is 1. The van der Waals surface area contributed by atoms with E-state index in [1.54, 1.807) is 0 Å². The number of nitrogens with zero attached hydrogens (tertiary/aromatic N) is 2. The third-order valence-electron chi connectivity index (χ3n) is 4.17. The summed E-state index contributed by atoms with van der Waals surface area (Å²) in [6, 6.07) is 15.0. The van der Waals surface area contributed by atoms with Crippen LogP contribution in [-0.2, 0) is 6.54 Å². The molecule has 0 amide bonds. The number of aromatic nitrogens is 2. The molecule has 3 heteroatoms. The van der Waals surface area contributed by atoms with E-state index in [-0.39, 0.29) is 0 Å². The fraction of sp³-hybridized carbons (Fsp3) is 0.211. The van der Waals surface area contributed by atoms with E-state index in [4.69, 9.17) is 4.98 Å². The lowest BCUT2D eigenvalue weighted by Crippen LogP contribution is -2.11. The first kappa shape index (κ1) is 13.3. The van der Waals surface area contributed by atoms with Crippen molar-refractivity contribution < 1.29 is 0 Å². The van der Waals surface area contributed by atoms with Crippen LogP contribution in [-0.4, -0.2) is 29.0 Å². The van der Waals surface area contributed by atoms with Crippen molar-refractivity contribution >= 4 is 32.8 Å². The van der Waals surface area contributed by atoms with Crippen LogP contribution in [0.2, 0.25) is 0 Å². The maximum Gasteiger partial charge on any atom is 0.139 e. The Morgan fingerprint density at radius 3 is 2.68 bits per heavy atom. The van der Waals surface area contributed by atoms with E-state index in [1.165, 1.54) is 27.3 Å². The first-order chi connectivity index (χ1) is 10.6. The third kappa shape index (κ3) is 1.97. The first-order valence-corrected chi connectivity index (χ1v) is 7.58. The second-order valence-corrected chi connectivity index (χ2v) is 6.24. The van der Waals surface area contributed by atoms with Crippen LogP contribution in [0, 0.1) is 6.92 Å². The Hall–Kier alpha value is -2.39. The molecule has 3 nitrogen and oxygen atoms in total. The SMILES string of the molecule is Cc1ccc2[nH]c3nc4ccccc4c(CN(C)C)c3c2c1. The Morgan fingerprint density at radius 2 is 1.86 bits per heavy atom. The van der Waals surface area contributed by atoms with E-state index in [0.29, 0.717) is 0 Å². The summed E-state index contributed by atoms with van der Waals surface area (Å²) in [6.07, 6.45) is 0. The molecule has 0 radical (unpaired) electrons. The summed E-state index contributed by atoms with van der Waals surface area (Å²) >= 11 is 0. The van der Waals surface area contributed by atoms with Gasteiger partial charge in [-0.15, -0.1) is 0 Å². The summed E-state index contributed by atoms with van der Waals surface area (Å²) in [5, 5.41) is 3.77. The maximum absolute atomic E-state index is 4.84. The lowest BCUT2D eigenvalue weighted by atomic mass is 10.0. The number of rotatable bonds is 2. The fourth-order valence-electron chi connectivity index (χ4n) is 3.24. The quantitative estimate of drug-likeness (QED) is 0.598. The highest BCUT2D eigenvalue weighted by atomic mass is 15.0. The predicted molar refractivity (Wildman–Crippen MR) is 93.2 cm³/mol. The van der Waals surface area contributed by atoms with Crippen molar-refractivity contribution in [1.29, 1.82) is 0 Å². The van der Waals surface area contributed by atoms with Crippen molar-refractivity contribution in [2.24, 2.45) is 0 Å². The topological polar surface area (TPSA) is 31.9 Å². The average Bonchev–Trinajstić information content (AvgIpc) is 2.84. The number of hydrogen-bond acceptors (Lipinski definition) is 2. The van der Waals surface area contributed by atoms with Gasteiger partial charge < -0.3 is 9.88 Å². The Labute approximate surface area is 129 Å². The summed E-state index contributed by atoms with van der Waals surface area (Å²) < 4.78 is 0. The van der Waals surface area contributed by atoms with Gasteiger partial charge in [-0.1, -0.05) is 29.8 Å². The molecule has 0 unspecified atom stereocenters. The van der Waals surface area contributed by atoms with Gasteiger partial charge in [-0.3, -0.25) is 0 Å². The molecule has 2 heterocycles. The number of fused-ring (bicyclic) bond motifs is 4. The number of pyridine rings is 1. The Bertz CT molecular complexity index is 996. The highest BCUT2D eigenvalue weighted by Crippen LogP contribution is 2.33. The van der Waals surface area contributed by atoms with Crippen LogP contribution >= 0.6 is 0 Å². The minimum Gasteiger partial charge on any atom is -0.339 e. The number of benzene rings is 2. The van der Waals surface area contributed by atoms with Crippen molar-refractivity contribution in [1.82, 2.24) is 14.9 Å². The van der Waals surface area contributed by atoms with Gasteiger partial charge in [0.25, 0.3) is 0 Å². The molecule has 0 saturated carbocycles. The summed E-state index contributed by atoms with van der Waals surface area (Å²) in [7, 11) is 4.22. The van der Waals surface area contributed by atoms with Crippen LogP contribution in [0.4, 0.5) is 0 Å². The minimum atomic E-state index is 0.903. The van der Waals surface area contributed by atoms with Crippen molar-refractivity contribution in [2.75, 3.05) is 14.1 Å².